The van der Waals surface area contributed by atoms with Gasteiger partial charge in [0.15, 0.2) is 5.43 Å². The molecule has 2 heterocycles. The molecule has 4 aromatic rings. The lowest BCUT2D eigenvalue weighted by atomic mass is 9.98. The van der Waals surface area contributed by atoms with E-state index in [0.717, 1.165) is 35.3 Å². The first-order chi connectivity index (χ1) is 16.6. The Kier molecular flexibility index (Phi) is 5.93. The first-order valence-electron chi connectivity index (χ1n) is 11.7. The third kappa shape index (κ3) is 3.98. The Morgan fingerprint density at radius 1 is 0.941 bits per heavy atom. The van der Waals surface area contributed by atoms with Gasteiger partial charge in [-0.25, -0.2) is 0 Å². The summed E-state index contributed by atoms with van der Waals surface area (Å²) in [4.78, 5) is 28.9. The van der Waals surface area contributed by atoms with Crippen molar-refractivity contribution in [1.29, 1.82) is 0 Å². The molecule has 1 aliphatic heterocycles. The van der Waals surface area contributed by atoms with Gasteiger partial charge in [0.25, 0.3) is 5.91 Å². The van der Waals surface area contributed by atoms with E-state index in [1.165, 1.54) is 0 Å². The van der Waals surface area contributed by atoms with Gasteiger partial charge in [-0.3, -0.25) is 9.59 Å². The predicted molar refractivity (Wildman–Crippen MR) is 132 cm³/mol. The Hall–Kier alpha value is -3.86. The Labute approximate surface area is 198 Å². The smallest absolute Gasteiger partial charge is 0.291 e. The molecule has 1 amide bonds. The van der Waals surface area contributed by atoms with Crippen LogP contribution in [0.25, 0.3) is 11.0 Å². The third-order valence-electron chi connectivity index (χ3n) is 6.31. The molecule has 5 rings (SSSR count). The van der Waals surface area contributed by atoms with Gasteiger partial charge in [0.05, 0.1) is 23.6 Å². The molecule has 0 aliphatic carbocycles. The van der Waals surface area contributed by atoms with E-state index in [1.807, 2.05) is 61.5 Å². The molecule has 0 unspecified atom stereocenters. The fourth-order valence-electron chi connectivity index (χ4n) is 4.45. The fraction of sp³-hybridized carbons (Fsp3) is 0.241. The zero-order chi connectivity index (χ0) is 23.7. The monoisotopic (exact) mass is 453 g/mol. The minimum atomic E-state index is -0.533. The summed E-state index contributed by atoms with van der Waals surface area (Å²) in [5.41, 5.74) is 3.66. The molecule has 5 nitrogen and oxygen atoms in total. The summed E-state index contributed by atoms with van der Waals surface area (Å²) in [6.45, 7) is 5.19. The number of para-hydroxylation sites is 1. The maximum Gasteiger partial charge on any atom is 0.291 e. The average molecular weight is 454 g/mol. The second-order valence-corrected chi connectivity index (χ2v) is 8.76. The number of fused-ring (bicyclic) bond motifs is 2. The van der Waals surface area contributed by atoms with Crippen LogP contribution in [0.2, 0.25) is 0 Å². The molecule has 3 aromatic carbocycles. The zero-order valence-corrected chi connectivity index (χ0v) is 19.4. The van der Waals surface area contributed by atoms with E-state index in [1.54, 1.807) is 23.1 Å². The molecule has 5 heteroatoms. The highest BCUT2D eigenvalue weighted by Crippen LogP contribution is 2.39. The Morgan fingerprint density at radius 2 is 1.68 bits per heavy atom. The first-order valence-corrected chi connectivity index (χ1v) is 11.7. The Bertz CT molecular complexity index is 1390. The van der Waals surface area contributed by atoms with Crippen molar-refractivity contribution >= 4 is 16.9 Å². The van der Waals surface area contributed by atoms with Crippen molar-refractivity contribution in [3.8, 4) is 5.75 Å². The summed E-state index contributed by atoms with van der Waals surface area (Å²) in [6.07, 6.45) is 2.06. The molecule has 172 valence electrons. The molecular formula is C29H27NO4. The number of amides is 1. The summed E-state index contributed by atoms with van der Waals surface area (Å²) in [5, 5.41) is 0.482. The standard InChI is InChI=1S/C29H27NO4/c1-3-4-17-33-22-15-13-21(14-16-22)26-25-27(31)23-7-5-6-8-24(23)34-28(25)29(32)30(26)18-20-11-9-19(2)10-12-20/h5-16,26H,3-4,17-18H2,1-2H3/t26-/m0/s1. The second-order valence-electron chi connectivity index (χ2n) is 8.76. The average Bonchev–Trinajstić information content (AvgIpc) is 3.13. The lowest BCUT2D eigenvalue weighted by molar-refractivity contribution is 0.0714. The van der Waals surface area contributed by atoms with Crippen molar-refractivity contribution in [3.63, 3.8) is 0 Å². The number of rotatable bonds is 7. The Morgan fingerprint density at radius 3 is 2.41 bits per heavy atom. The van der Waals surface area contributed by atoms with E-state index in [9.17, 15) is 9.59 Å². The second kappa shape index (κ2) is 9.18. The van der Waals surface area contributed by atoms with Crippen LogP contribution in [-0.4, -0.2) is 17.4 Å². The molecule has 1 aromatic heterocycles. The summed E-state index contributed by atoms with van der Waals surface area (Å²) < 4.78 is 11.8. The van der Waals surface area contributed by atoms with Crippen molar-refractivity contribution in [2.75, 3.05) is 6.61 Å². The van der Waals surface area contributed by atoms with Crippen LogP contribution >= 0.6 is 0 Å². The fourth-order valence-corrected chi connectivity index (χ4v) is 4.45. The molecular weight excluding hydrogens is 426 g/mol. The number of carbonyl (C=O) groups excluding carboxylic acids is 1. The summed E-state index contributed by atoms with van der Waals surface area (Å²) in [6, 6.07) is 22.3. The van der Waals surface area contributed by atoms with Gasteiger partial charge < -0.3 is 14.1 Å². The maximum absolute atomic E-state index is 13.6. The zero-order valence-electron chi connectivity index (χ0n) is 19.4. The van der Waals surface area contributed by atoms with Gasteiger partial charge in [0.2, 0.25) is 5.76 Å². The lowest BCUT2D eigenvalue weighted by Gasteiger charge is -2.25. The van der Waals surface area contributed by atoms with Crippen molar-refractivity contribution in [2.45, 2.75) is 39.3 Å². The molecule has 1 aliphatic rings. The van der Waals surface area contributed by atoms with Crippen LogP contribution in [0.5, 0.6) is 5.75 Å². The van der Waals surface area contributed by atoms with E-state index in [-0.39, 0.29) is 17.1 Å². The summed E-state index contributed by atoms with van der Waals surface area (Å²) in [5.74, 6) is 0.633. The van der Waals surface area contributed by atoms with Gasteiger partial charge in [-0.05, 0) is 48.7 Å². The van der Waals surface area contributed by atoms with Crippen LogP contribution in [0, 0.1) is 6.92 Å². The highest BCUT2D eigenvalue weighted by molar-refractivity contribution is 5.99. The number of benzene rings is 3. The number of nitrogens with zero attached hydrogens (tertiary/aromatic N) is 1. The van der Waals surface area contributed by atoms with Crippen LogP contribution in [0.4, 0.5) is 0 Å². The minimum Gasteiger partial charge on any atom is -0.494 e. The molecule has 0 bridgehead atoms. The molecule has 0 fully saturated rings. The van der Waals surface area contributed by atoms with Gasteiger partial charge in [0, 0.05) is 6.54 Å². The molecule has 34 heavy (non-hydrogen) atoms. The predicted octanol–water partition coefficient (Wildman–Crippen LogP) is 6.03. The summed E-state index contributed by atoms with van der Waals surface area (Å²) >= 11 is 0. The number of aryl methyl sites for hydroxylation is 1. The minimum absolute atomic E-state index is 0.129. The maximum atomic E-state index is 13.6. The van der Waals surface area contributed by atoms with E-state index in [0.29, 0.717) is 29.7 Å². The topological polar surface area (TPSA) is 59.8 Å². The van der Waals surface area contributed by atoms with E-state index in [4.69, 9.17) is 9.15 Å². The summed E-state index contributed by atoms with van der Waals surface area (Å²) in [7, 11) is 0. The van der Waals surface area contributed by atoms with Crippen LogP contribution in [0.15, 0.2) is 82.0 Å². The molecule has 0 saturated heterocycles. The van der Waals surface area contributed by atoms with Crippen molar-refractivity contribution in [3.05, 3.63) is 111 Å². The SMILES string of the molecule is CCCCOc1ccc([C@H]2c3c(oc4ccccc4c3=O)C(=O)N2Cc2ccc(C)cc2)cc1. The largest absolute Gasteiger partial charge is 0.494 e. The lowest BCUT2D eigenvalue weighted by Crippen LogP contribution is -2.29. The quantitative estimate of drug-likeness (QED) is 0.321. The van der Waals surface area contributed by atoms with E-state index < -0.39 is 6.04 Å². The van der Waals surface area contributed by atoms with Crippen LogP contribution in [0.3, 0.4) is 0 Å². The first kappa shape index (κ1) is 22.0. The molecule has 0 saturated carbocycles. The van der Waals surface area contributed by atoms with Gasteiger partial charge in [-0.2, -0.15) is 0 Å². The number of ether oxygens (including phenoxy) is 1. The van der Waals surface area contributed by atoms with Gasteiger partial charge in [-0.15, -0.1) is 0 Å². The van der Waals surface area contributed by atoms with Crippen molar-refractivity contribution in [2.24, 2.45) is 0 Å². The van der Waals surface area contributed by atoms with Gasteiger partial charge in [-0.1, -0.05) is 67.4 Å². The van der Waals surface area contributed by atoms with Crippen LogP contribution in [-0.2, 0) is 6.54 Å². The molecule has 1 atom stereocenters. The third-order valence-corrected chi connectivity index (χ3v) is 6.31. The molecule has 0 spiro atoms. The number of hydrogen-bond acceptors (Lipinski definition) is 4. The van der Waals surface area contributed by atoms with Crippen LogP contribution < -0.4 is 10.2 Å². The highest BCUT2D eigenvalue weighted by atomic mass is 16.5. The van der Waals surface area contributed by atoms with Crippen molar-refractivity contribution < 1.29 is 13.9 Å². The molecule has 0 N–H and O–H groups in total. The Balaban J connectivity index is 1.59. The number of hydrogen-bond donors (Lipinski definition) is 0. The number of unbranched alkanes of at least 4 members (excludes halogenated alkanes) is 1. The van der Waals surface area contributed by atoms with E-state index >= 15 is 0 Å². The van der Waals surface area contributed by atoms with Crippen LogP contribution in [0.1, 0.15) is 58.6 Å². The molecule has 0 radical (unpaired) electrons. The highest BCUT2D eigenvalue weighted by Gasteiger charge is 2.42. The van der Waals surface area contributed by atoms with Gasteiger partial charge in [0.1, 0.15) is 11.3 Å². The van der Waals surface area contributed by atoms with Gasteiger partial charge >= 0.3 is 0 Å². The number of carbonyl (C=O) groups is 1. The van der Waals surface area contributed by atoms with Crippen molar-refractivity contribution in [1.82, 2.24) is 4.90 Å². The van der Waals surface area contributed by atoms with E-state index in [2.05, 4.69) is 6.92 Å². The normalized spacial score (nSPS) is 15.1.